The van der Waals surface area contributed by atoms with E-state index in [-0.39, 0.29) is 24.5 Å². The lowest BCUT2D eigenvalue weighted by Gasteiger charge is -2.38. The number of carbonyl (C=O) groups is 2. The van der Waals surface area contributed by atoms with Gasteiger partial charge in [-0.05, 0) is 55.3 Å². The van der Waals surface area contributed by atoms with Gasteiger partial charge >= 0.3 is 5.97 Å². The van der Waals surface area contributed by atoms with Crippen LogP contribution in [0.3, 0.4) is 0 Å². The number of aliphatic hydroxyl groups excluding tert-OH is 1. The summed E-state index contributed by atoms with van der Waals surface area (Å²) in [7, 11) is 0. The van der Waals surface area contributed by atoms with Crippen LogP contribution in [-0.2, 0) is 14.3 Å². The zero-order chi connectivity index (χ0) is 23.0. The number of amides is 1. The molecule has 0 radical (unpaired) electrons. The maximum Gasteiger partial charge on any atom is 0.333 e. The minimum atomic E-state index is -0.680. The quantitative estimate of drug-likeness (QED) is 0.626. The summed E-state index contributed by atoms with van der Waals surface area (Å²) in [5.74, 6) is 0.314. The lowest BCUT2D eigenvalue weighted by atomic mass is 9.75. The molecule has 1 amide bonds. The van der Waals surface area contributed by atoms with Gasteiger partial charge in [-0.3, -0.25) is 4.79 Å². The fraction of sp³-hybridized carbons (Fsp3) is 0.545. The second kappa shape index (κ2) is 8.64. The predicted molar refractivity (Wildman–Crippen MR) is 115 cm³/mol. The summed E-state index contributed by atoms with van der Waals surface area (Å²) in [5.41, 5.74) is 1.01. The lowest BCUT2D eigenvalue weighted by Crippen LogP contribution is -2.45. The van der Waals surface area contributed by atoms with Gasteiger partial charge in [-0.2, -0.15) is 4.68 Å². The first-order valence-corrected chi connectivity index (χ1v) is 11.3. The normalized spacial score (nSPS) is 23.8. The fourth-order valence-electron chi connectivity index (χ4n) is 5.17. The summed E-state index contributed by atoms with van der Waals surface area (Å²) in [4.78, 5) is 33.3. The van der Waals surface area contributed by atoms with Crippen LogP contribution in [0.2, 0.25) is 0 Å². The first-order valence-electron chi connectivity index (χ1n) is 11.3. The van der Waals surface area contributed by atoms with Crippen molar-refractivity contribution in [2.45, 2.75) is 44.8 Å². The zero-order valence-electron chi connectivity index (χ0n) is 18.5. The Morgan fingerprint density at radius 3 is 2.70 bits per heavy atom. The topological polar surface area (TPSA) is 127 Å². The second-order valence-electron chi connectivity index (χ2n) is 8.99. The number of aliphatic hydroxyl groups is 1. The number of cyclic esters (lactones) is 1. The number of β-amino-alcohol motifs (C(OH)–C–C–N with tert-alkyl or cyclic N) is 1. The van der Waals surface area contributed by atoms with Crippen LogP contribution in [-0.4, -0.2) is 84.3 Å². The third kappa shape index (κ3) is 4.02. The Hall–Kier alpha value is -3.18. The molecule has 5 rings (SSSR count). The Morgan fingerprint density at radius 1 is 1.27 bits per heavy atom. The minimum absolute atomic E-state index is 0.0974. The van der Waals surface area contributed by atoms with E-state index in [1.165, 1.54) is 17.1 Å². The maximum atomic E-state index is 13.5. The third-order valence-corrected chi connectivity index (χ3v) is 7.08. The monoisotopic (exact) mass is 453 g/mol. The number of esters is 1. The number of pyridine rings is 1. The first-order chi connectivity index (χ1) is 16.0. The lowest BCUT2D eigenvalue weighted by molar-refractivity contribution is -0.139. The van der Waals surface area contributed by atoms with Crippen molar-refractivity contribution < 1.29 is 19.4 Å². The molecule has 2 aromatic rings. The molecule has 1 N–H and O–H groups in total. The van der Waals surface area contributed by atoms with E-state index in [0.717, 1.165) is 44.3 Å². The van der Waals surface area contributed by atoms with Crippen LogP contribution in [0.25, 0.3) is 5.82 Å². The van der Waals surface area contributed by atoms with Gasteiger partial charge in [0.1, 0.15) is 12.9 Å². The molecule has 5 heterocycles. The molecule has 0 saturated carbocycles. The number of tetrazole rings is 1. The largest absolute Gasteiger partial charge is 0.456 e. The van der Waals surface area contributed by atoms with E-state index in [9.17, 15) is 14.7 Å². The highest BCUT2D eigenvalue weighted by Gasteiger charge is 2.53. The number of hydrogen-bond donors (Lipinski definition) is 1. The molecule has 2 saturated heterocycles. The smallest absolute Gasteiger partial charge is 0.333 e. The van der Waals surface area contributed by atoms with E-state index >= 15 is 0 Å². The van der Waals surface area contributed by atoms with Crippen molar-refractivity contribution in [3.8, 4) is 5.82 Å². The van der Waals surface area contributed by atoms with E-state index in [0.29, 0.717) is 18.1 Å². The Kier molecular flexibility index (Phi) is 5.67. The Labute approximate surface area is 191 Å². The van der Waals surface area contributed by atoms with E-state index in [4.69, 9.17) is 4.74 Å². The molecule has 11 heteroatoms. The molecule has 0 bridgehead atoms. The van der Waals surface area contributed by atoms with Gasteiger partial charge in [-0.25, -0.2) is 9.78 Å². The van der Waals surface area contributed by atoms with Crippen LogP contribution in [0.1, 0.15) is 44.3 Å². The van der Waals surface area contributed by atoms with Crippen LogP contribution >= 0.6 is 0 Å². The zero-order valence-corrected chi connectivity index (χ0v) is 18.5. The van der Waals surface area contributed by atoms with Crippen LogP contribution in [0, 0.1) is 5.41 Å². The Morgan fingerprint density at radius 2 is 2.09 bits per heavy atom. The van der Waals surface area contributed by atoms with E-state index < -0.39 is 11.5 Å². The SMILES string of the molecule is CCC1CC2(CCN(C[C@H](O)c3ccc(-n4cnnn4)nc3)CC2)C(=O)N1C1=CC(=O)OC1. The highest BCUT2D eigenvalue weighted by atomic mass is 16.5. The standard InChI is InChI=1S/C22H27N7O4/c1-2-16-10-22(21(32)29(16)17-9-20(31)33-13-17)5-7-27(8-6-22)12-18(30)15-3-4-19(23-11-15)28-14-24-25-26-28/h3-4,9,11,14,16,18,30H,2,5-8,10,12-13H2,1H3/t16?,18-/m0/s1. The van der Waals surface area contributed by atoms with Gasteiger partial charge in [0.15, 0.2) is 5.82 Å². The van der Waals surface area contributed by atoms with Gasteiger partial charge in [0.25, 0.3) is 0 Å². The van der Waals surface area contributed by atoms with E-state index in [2.05, 4.69) is 32.3 Å². The van der Waals surface area contributed by atoms with Crippen LogP contribution in [0.4, 0.5) is 0 Å². The molecule has 2 atom stereocenters. The van der Waals surface area contributed by atoms with Gasteiger partial charge in [-0.15, -0.1) is 5.10 Å². The fourth-order valence-corrected chi connectivity index (χ4v) is 5.17. The minimum Gasteiger partial charge on any atom is -0.456 e. The van der Waals surface area contributed by atoms with Gasteiger partial charge in [0, 0.05) is 30.4 Å². The summed E-state index contributed by atoms with van der Waals surface area (Å²) < 4.78 is 6.50. The predicted octanol–water partition coefficient (Wildman–Crippen LogP) is 0.624. The molecular formula is C22H27N7O4. The molecule has 2 aromatic heterocycles. The average Bonchev–Trinajstić information content (AvgIpc) is 3.56. The van der Waals surface area contributed by atoms with Gasteiger partial charge in [-0.1, -0.05) is 13.0 Å². The molecule has 3 aliphatic rings. The number of nitrogens with zero attached hydrogens (tertiary/aromatic N) is 7. The van der Waals surface area contributed by atoms with Crippen LogP contribution < -0.4 is 0 Å². The molecule has 1 spiro atoms. The highest BCUT2D eigenvalue weighted by Crippen LogP contribution is 2.47. The number of carbonyl (C=O) groups excluding carboxylic acids is 2. The second-order valence-corrected chi connectivity index (χ2v) is 8.99. The molecule has 2 fully saturated rings. The number of aromatic nitrogens is 5. The number of rotatable bonds is 6. The van der Waals surface area contributed by atoms with Crippen LogP contribution in [0.5, 0.6) is 0 Å². The molecule has 3 aliphatic heterocycles. The Bertz CT molecular complexity index is 1050. The number of ether oxygens (including phenoxy) is 1. The summed E-state index contributed by atoms with van der Waals surface area (Å²) in [6.45, 7) is 4.20. The molecule has 33 heavy (non-hydrogen) atoms. The summed E-state index contributed by atoms with van der Waals surface area (Å²) in [6.07, 6.45) is 6.99. The van der Waals surface area contributed by atoms with Gasteiger partial charge < -0.3 is 19.6 Å². The molecule has 0 aromatic carbocycles. The average molecular weight is 454 g/mol. The summed E-state index contributed by atoms with van der Waals surface area (Å²) >= 11 is 0. The molecular weight excluding hydrogens is 426 g/mol. The van der Waals surface area contributed by atoms with Crippen LogP contribution in [0.15, 0.2) is 36.4 Å². The molecule has 0 aliphatic carbocycles. The Balaban J connectivity index is 1.20. The van der Waals surface area contributed by atoms with E-state index in [1.54, 1.807) is 12.3 Å². The highest BCUT2D eigenvalue weighted by molar-refractivity contribution is 5.91. The van der Waals surface area contributed by atoms with Crippen molar-refractivity contribution in [2.24, 2.45) is 5.41 Å². The van der Waals surface area contributed by atoms with Crippen molar-refractivity contribution in [1.29, 1.82) is 0 Å². The van der Waals surface area contributed by atoms with E-state index in [1.807, 2.05) is 11.0 Å². The van der Waals surface area contributed by atoms with Gasteiger partial charge in [0.2, 0.25) is 5.91 Å². The summed E-state index contributed by atoms with van der Waals surface area (Å²) in [5, 5.41) is 21.7. The van der Waals surface area contributed by atoms with Gasteiger partial charge in [0.05, 0.1) is 17.2 Å². The maximum absolute atomic E-state index is 13.5. The molecule has 174 valence electrons. The van der Waals surface area contributed by atoms with Crippen molar-refractivity contribution in [3.05, 3.63) is 42.0 Å². The number of hydrogen-bond acceptors (Lipinski definition) is 9. The first kappa shape index (κ1) is 21.7. The van der Waals surface area contributed by atoms with Crippen molar-refractivity contribution >= 4 is 11.9 Å². The third-order valence-electron chi connectivity index (χ3n) is 7.08. The number of likely N-dealkylation sites (tertiary alicyclic amines) is 2. The summed E-state index contributed by atoms with van der Waals surface area (Å²) in [6, 6.07) is 3.69. The molecule has 1 unspecified atom stereocenters. The van der Waals surface area contributed by atoms with Crippen molar-refractivity contribution in [2.75, 3.05) is 26.2 Å². The number of piperidine rings is 1. The van der Waals surface area contributed by atoms with Crippen molar-refractivity contribution in [3.63, 3.8) is 0 Å². The van der Waals surface area contributed by atoms with Crippen molar-refractivity contribution in [1.82, 2.24) is 35.0 Å². The molecule has 11 nitrogen and oxygen atoms in total.